The maximum absolute atomic E-state index is 12.3. The number of hydrogen-bond donors (Lipinski definition) is 1. The predicted molar refractivity (Wildman–Crippen MR) is 90.3 cm³/mol. The average molecular weight is 347 g/mol. The van der Waals surface area contributed by atoms with Crippen LogP contribution in [0.1, 0.15) is 5.69 Å². The molecule has 1 aromatic carbocycles. The molecule has 1 aromatic heterocycles. The number of aromatic nitrogens is 1. The number of rotatable bonds is 6. The summed E-state index contributed by atoms with van der Waals surface area (Å²) in [5.74, 6) is 0.398. The summed E-state index contributed by atoms with van der Waals surface area (Å²) in [6.07, 6.45) is 0. The van der Waals surface area contributed by atoms with Crippen LogP contribution in [0, 0.1) is 17.0 Å². The van der Waals surface area contributed by atoms with E-state index in [0.29, 0.717) is 22.9 Å². The van der Waals surface area contributed by atoms with Gasteiger partial charge in [-0.3, -0.25) is 24.3 Å². The molecule has 0 radical (unpaired) electrons. The van der Waals surface area contributed by atoms with E-state index in [1.54, 1.807) is 25.1 Å². The number of carbonyl (C=O) groups is 1. The molecule has 2 rings (SSSR count). The Balaban J connectivity index is 2.29. The molecular formula is C16H17N3O6. The largest absolute Gasteiger partial charge is 0.497 e. The molecule has 2 aromatic rings. The maximum Gasteiger partial charge on any atom is 0.334 e. The van der Waals surface area contributed by atoms with Crippen molar-refractivity contribution >= 4 is 17.3 Å². The van der Waals surface area contributed by atoms with E-state index in [1.165, 1.54) is 20.3 Å². The van der Waals surface area contributed by atoms with Gasteiger partial charge in [-0.2, -0.15) is 0 Å². The van der Waals surface area contributed by atoms with Gasteiger partial charge in [0.2, 0.25) is 5.91 Å². The first kappa shape index (κ1) is 18.0. The van der Waals surface area contributed by atoms with Gasteiger partial charge >= 0.3 is 11.2 Å². The van der Waals surface area contributed by atoms with Crippen molar-refractivity contribution in [2.75, 3.05) is 19.5 Å². The second-order valence-corrected chi connectivity index (χ2v) is 5.12. The number of carbonyl (C=O) groups excluding carboxylic acids is 1. The molecule has 0 aliphatic rings. The summed E-state index contributed by atoms with van der Waals surface area (Å²) in [6.45, 7) is 1.22. The predicted octanol–water partition coefficient (Wildman–Crippen LogP) is 1.72. The van der Waals surface area contributed by atoms with Crippen molar-refractivity contribution in [1.82, 2.24) is 4.57 Å². The Morgan fingerprint density at radius 1 is 1.24 bits per heavy atom. The molecule has 1 N–H and O–H groups in total. The van der Waals surface area contributed by atoms with E-state index in [-0.39, 0.29) is 6.54 Å². The van der Waals surface area contributed by atoms with Crippen molar-refractivity contribution in [2.45, 2.75) is 13.5 Å². The molecule has 0 atom stereocenters. The summed E-state index contributed by atoms with van der Waals surface area (Å²) < 4.78 is 11.3. The summed E-state index contributed by atoms with van der Waals surface area (Å²) >= 11 is 0. The standard InChI is InChI=1S/C16H17N3O6/c1-10-4-6-13(19(22)23)16(21)18(10)9-15(20)17-12-8-11(24-2)5-7-14(12)25-3/h4-8H,9H2,1-3H3,(H,17,20). The lowest BCUT2D eigenvalue weighted by Gasteiger charge is -2.13. The van der Waals surface area contributed by atoms with Crippen molar-refractivity contribution in [2.24, 2.45) is 0 Å². The summed E-state index contributed by atoms with van der Waals surface area (Å²) in [4.78, 5) is 34.5. The fraction of sp³-hybridized carbons (Fsp3) is 0.250. The van der Waals surface area contributed by atoms with Gasteiger partial charge < -0.3 is 14.8 Å². The first-order valence-corrected chi connectivity index (χ1v) is 7.24. The van der Waals surface area contributed by atoms with Gasteiger partial charge in [0.1, 0.15) is 18.0 Å². The summed E-state index contributed by atoms with van der Waals surface area (Å²) in [6, 6.07) is 7.40. The Morgan fingerprint density at radius 2 is 1.96 bits per heavy atom. The smallest absolute Gasteiger partial charge is 0.334 e. The third-order valence-corrected chi connectivity index (χ3v) is 3.55. The molecule has 1 heterocycles. The minimum Gasteiger partial charge on any atom is -0.497 e. The number of methoxy groups -OCH3 is 2. The van der Waals surface area contributed by atoms with Gasteiger partial charge in [-0.25, -0.2) is 0 Å². The summed E-state index contributed by atoms with van der Waals surface area (Å²) in [5, 5.41) is 13.5. The van der Waals surface area contributed by atoms with Gasteiger partial charge in [-0.1, -0.05) is 0 Å². The minimum absolute atomic E-state index is 0.364. The van der Waals surface area contributed by atoms with Gasteiger partial charge in [0.15, 0.2) is 0 Å². The molecule has 0 saturated carbocycles. The average Bonchev–Trinajstić information content (AvgIpc) is 2.58. The number of aryl methyl sites for hydroxylation is 1. The fourth-order valence-electron chi connectivity index (χ4n) is 2.24. The molecular weight excluding hydrogens is 330 g/mol. The quantitative estimate of drug-likeness (QED) is 0.629. The molecule has 25 heavy (non-hydrogen) atoms. The molecule has 9 heteroatoms. The van der Waals surface area contributed by atoms with Crippen LogP contribution in [-0.2, 0) is 11.3 Å². The zero-order valence-corrected chi connectivity index (χ0v) is 13.9. The fourth-order valence-corrected chi connectivity index (χ4v) is 2.24. The number of nitrogens with one attached hydrogen (secondary N) is 1. The molecule has 0 saturated heterocycles. The van der Waals surface area contributed by atoms with Gasteiger partial charge in [-0.15, -0.1) is 0 Å². The van der Waals surface area contributed by atoms with Crippen LogP contribution in [0.3, 0.4) is 0 Å². The highest BCUT2D eigenvalue weighted by molar-refractivity contribution is 5.92. The Bertz CT molecular complexity index is 875. The van der Waals surface area contributed by atoms with Crippen molar-refractivity contribution < 1.29 is 19.2 Å². The Kier molecular flexibility index (Phi) is 5.38. The molecule has 0 aliphatic heterocycles. The topological polar surface area (TPSA) is 113 Å². The van der Waals surface area contributed by atoms with E-state index in [1.807, 2.05) is 0 Å². The maximum atomic E-state index is 12.3. The lowest BCUT2D eigenvalue weighted by Crippen LogP contribution is -2.30. The van der Waals surface area contributed by atoms with E-state index < -0.39 is 22.1 Å². The number of anilines is 1. The first-order valence-electron chi connectivity index (χ1n) is 7.24. The first-order chi connectivity index (χ1) is 11.9. The molecule has 0 fully saturated rings. The van der Waals surface area contributed by atoms with Crippen LogP contribution >= 0.6 is 0 Å². The highest BCUT2D eigenvalue weighted by Gasteiger charge is 2.18. The summed E-state index contributed by atoms with van der Waals surface area (Å²) in [7, 11) is 2.94. The molecule has 0 unspecified atom stereocenters. The van der Waals surface area contributed by atoms with Gasteiger partial charge in [-0.05, 0) is 25.1 Å². The van der Waals surface area contributed by atoms with Crippen molar-refractivity contribution in [3.05, 3.63) is 56.5 Å². The molecule has 9 nitrogen and oxygen atoms in total. The Labute approximate surface area is 142 Å². The molecule has 1 amide bonds. The number of hydrogen-bond acceptors (Lipinski definition) is 6. The number of benzene rings is 1. The van der Waals surface area contributed by atoms with Crippen molar-refractivity contribution in [1.29, 1.82) is 0 Å². The van der Waals surface area contributed by atoms with Crippen LogP contribution in [0.5, 0.6) is 11.5 Å². The lowest BCUT2D eigenvalue weighted by molar-refractivity contribution is -0.386. The zero-order chi connectivity index (χ0) is 18.6. The number of nitrogens with zero attached hydrogens (tertiary/aromatic N) is 2. The van der Waals surface area contributed by atoms with Crippen LogP contribution in [0.15, 0.2) is 35.1 Å². The Morgan fingerprint density at radius 3 is 2.56 bits per heavy atom. The second kappa shape index (κ2) is 7.47. The van der Waals surface area contributed by atoms with Gasteiger partial charge in [0, 0.05) is 17.8 Å². The number of pyridine rings is 1. The van der Waals surface area contributed by atoms with Gasteiger partial charge in [0.25, 0.3) is 0 Å². The highest BCUT2D eigenvalue weighted by atomic mass is 16.6. The normalized spacial score (nSPS) is 10.2. The van der Waals surface area contributed by atoms with E-state index in [4.69, 9.17) is 9.47 Å². The summed E-state index contributed by atoms with van der Waals surface area (Å²) in [5.41, 5.74) is -0.624. The van der Waals surface area contributed by atoms with E-state index in [0.717, 1.165) is 10.6 Å². The SMILES string of the molecule is COc1ccc(OC)c(NC(=O)Cn2c(C)ccc([N+](=O)[O-])c2=O)c1. The molecule has 0 aliphatic carbocycles. The Hall–Kier alpha value is -3.36. The minimum atomic E-state index is -0.835. The van der Waals surface area contributed by atoms with Crippen molar-refractivity contribution in [3.63, 3.8) is 0 Å². The number of amides is 1. The van der Waals surface area contributed by atoms with Crippen molar-refractivity contribution in [3.8, 4) is 11.5 Å². The highest BCUT2D eigenvalue weighted by Crippen LogP contribution is 2.28. The van der Waals surface area contributed by atoms with Crippen LogP contribution in [0.25, 0.3) is 0 Å². The monoisotopic (exact) mass is 347 g/mol. The third-order valence-electron chi connectivity index (χ3n) is 3.55. The van der Waals surface area contributed by atoms with Crippen LogP contribution in [0.2, 0.25) is 0 Å². The van der Waals surface area contributed by atoms with Crippen LogP contribution in [0.4, 0.5) is 11.4 Å². The molecule has 0 bridgehead atoms. The second-order valence-electron chi connectivity index (χ2n) is 5.12. The van der Waals surface area contributed by atoms with Crippen LogP contribution in [-0.4, -0.2) is 29.6 Å². The molecule has 0 spiro atoms. The third kappa shape index (κ3) is 3.94. The number of nitro groups is 1. The zero-order valence-electron chi connectivity index (χ0n) is 13.9. The van der Waals surface area contributed by atoms with E-state index >= 15 is 0 Å². The number of ether oxygens (including phenoxy) is 2. The van der Waals surface area contributed by atoms with Gasteiger partial charge in [0.05, 0.1) is 24.8 Å². The van der Waals surface area contributed by atoms with E-state index in [2.05, 4.69) is 5.32 Å². The van der Waals surface area contributed by atoms with Crippen LogP contribution < -0.4 is 20.3 Å². The van der Waals surface area contributed by atoms with E-state index in [9.17, 15) is 19.7 Å². The molecule has 132 valence electrons. The lowest BCUT2D eigenvalue weighted by atomic mass is 10.2.